The van der Waals surface area contributed by atoms with Crippen LogP contribution in [0.5, 0.6) is 0 Å². The van der Waals surface area contributed by atoms with Gasteiger partial charge in [0.2, 0.25) is 11.8 Å². The number of hydrogen-bond acceptors (Lipinski definition) is 7. The normalized spacial score (nSPS) is 17.7. The van der Waals surface area contributed by atoms with Crippen LogP contribution in [-0.2, 0) is 4.79 Å². The number of amides is 1. The average molecular weight is 387 g/mol. The third kappa shape index (κ3) is 4.04. The van der Waals surface area contributed by atoms with Gasteiger partial charge < -0.3 is 9.73 Å². The Balaban J connectivity index is 1.49. The van der Waals surface area contributed by atoms with Crippen molar-refractivity contribution < 1.29 is 13.6 Å². The quantitative estimate of drug-likeness (QED) is 0.721. The minimum absolute atomic E-state index is 0.134. The highest BCUT2D eigenvalue weighted by atomic mass is 32.1. The van der Waals surface area contributed by atoms with Crippen molar-refractivity contribution in [1.82, 2.24) is 20.1 Å². The molecule has 0 bridgehead atoms. The Bertz CT molecular complexity index is 914. The Morgan fingerprint density at radius 2 is 2.22 bits per heavy atom. The summed E-state index contributed by atoms with van der Waals surface area (Å²) < 4.78 is 19.7. The summed E-state index contributed by atoms with van der Waals surface area (Å²) in [5.41, 5.74) is 0.278. The van der Waals surface area contributed by atoms with E-state index >= 15 is 0 Å². The maximum absolute atomic E-state index is 14.0. The number of nitrogens with one attached hydrogen (secondary N) is 1. The van der Waals surface area contributed by atoms with Gasteiger partial charge in [-0.25, -0.2) is 9.37 Å². The van der Waals surface area contributed by atoms with Crippen molar-refractivity contribution in [3.63, 3.8) is 0 Å². The number of carbonyl (C=O) groups is 1. The summed E-state index contributed by atoms with van der Waals surface area (Å²) >= 11 is 1.37. The van der Waals surface area contributed by atoms with Crippen LogP contribution in [0.1, 0.15) is 31.2 Å². The van der Waals surface area contributed by atoms with Crippen molar-refractivity contribution in [1.29, 1.82) is 0 Å². The Kier molecular flexibility index (Phi) is 5.21. The second kappa shape index (κ2) is 7.93. The molecular formula is C18H18FN5O2S. The van der Waals surface area contributed by atoms with Gasteiger partial charge in [-0.1, -0.05) is 18.6 Å². The predicted molar refractivity (Wildman–Crippen MR) is 98.6 cm³/mol. The average Bonchev–Trinajstić information content (AvgIpc) is 3.34. The summed E-state index contributed by atoms with van der Waals surface area (Å²) in [5, 5.41) is 13.3. The molecule has 0 aliphatic carbocycles. The zero-order valence-electron chi connectivity index (χ0n) is 14.5. The first-order chi connectivity index (χ1) is 13.2. The maximum atomic E-state index is 14.0. The van der Waals surface area contributed by atoms with Crippen LogP contribution in [-0.4, -0.2) is 39.1 Å². The van der Waals surface area contributed by atoms with Crippen LogP contribution in [0.15, 0.2) is 40.3 Å². The number of likely N-dealkylation sites (tertiary alicyclic amines) is 1. The molecular weight excluding hydrogens is 369 g/mol. The number of nitrogens with zero attached hydrogens (tertiary/aromatic N) is 4. The number of rotatable bonds is 5. The molecule has 1 saturated heterocycles. The van der Waals surface area contributed by atoms with Crippen LogP contribution < -0.4 is 5.32 Å². The molecule has 0 unspecified atom stereocenters. The molecule has 1 aromatic carbocycles. The van der Waals surface area contributed by atoms with Crippen LogP contribution >= 0.6 is 11.3 Å². The minimum atomic E-state index is -0.406. The molecule has 1 fully saturated rings. The number of benzene rings is 1. The van der Waals surface area contributed by atoms with Gasteiger partial charge in [0.1, 0.15) is 5.82 Å². The Morgan fingerprint density at radius 1 is 1.33 bits per heavy atom. The lowest BCUT2D eigenvalue weighted by atomic mass is 10.0. The van der Waals surface area contributed by atoms with Crippen molar-refractivity contribution in [2.24, 2.45) is 0 Å². The van der Waals surface area contributed by atoms with Crippen molar-refractivity contribution in [2.45, 2.75) is 25.3 Å². The van der Waals surface area contributed by atoms with E-state index in [1.54, 1.807) is 24.4 Å². The molecule has 0 saturated carbocycles. The van der Waals surface area contributed by atoms with Crippen LogP contribution in [0.2, 0.25) is 0 Å². The first-order valence-electron chi connectivity index (χ1n) is 8.72. The highest BCUT2D eigenvalue weighted by Gasteiger charge is 2.30. The molecule has 1 aliphatic heterocycles. The number of thiazole rings is 1. The van der Waals surface area contributed by atoms with Crippen LogP contribution in [0.3, 0.4) is 0 Å². The van der Waals surface area contributed by atoms with E-state index in [1.807, 2.05) is 10.3 Å². The lowest BCUT2D eigenvalue weighted by molar-refractivity contribution is -0.118. The molecule has 3 aromatic rings. The zero-order valence-corrected chi connectivity index (χ0v) is 15.3. The molecule has 1 atom stereocenters. The highest BCUT2D eigenvalue weighted by molar-refractivity contribution is 7.13. The smallest absolute Gasteiger partial charge is 0.250 e. The number of carbonyl (C=O) groups excluding carboxylic acids is 1. The van der Waals surface area contributed by atoms with Gasteiger partial charge in [-0.3, -0.25) is 9.69 Å². The SMILES string of the molecule is O=C(CN1CCCC[C@H]1c1nnc(-c2ccccc2F)o1)Nc1nccs1. The van der Waals surface area contributed by atoms with Gasteiger partial charge in [-0.05, 0) is 31.5 Å². The lowest BCUT2D eigenvalue weighted by Crippen LogP contribution is -2.39. The lowest BCUT2D eigenvalue weighted by Gasteiger charge is -2.32. The van der Waals surface area contributed by atoms with Gasteiger partial charge in [0, 0.05) is 11.6 Å². The second-order valence-electron chi connectivity index (χ2n) is 6.29. The Morgan fingerprint density at radius 3 is 3.04 bits per heavy atom. The van der Waals surface area contributed by atoms with E-state index in [9.17, 15) is 9.18 Å². The molecule has 2 aromatic heterocycles. The molecule has 3 heterocycles. The first kappa shape index (κ1) is 17.7. The number of hydrogen-bond donors (Lipinski definition) is 1. The molecule has 27 heavy (non-hydrogen) atoms. The molecule has 1 amide bonds. The highest BCUT2D eigenvalue weighted by Crippen LogP contribution is 2.32. The molecule has 1 N–H and O–H groups in total. The molecule has 9 heteroatoms. The summed E-state index contributed by atoms with van der Waals surface area (Å²) in [6, 6.07) is 6.13. The number of aromatic nitrogens is 3. The zero-order chi connectivity index (χ0) is 18.6. The summed E-state index contributed by atoms with van der Waals surface area (Å²) in [4.78, 5) is 18.4. The van der Waals surface area contributed by atoms with Gasteiger partial charge in [0.25, 0.3) is 5.89 Å². The van der Waals surface area contributed by atoms with E-state index in [0.717, 1.165) is 25.8 Å². The molecule has 4 rings (SSSR count). The summed E-state index contributed by atoms with van der Waals surface area (Å²) in [6.45, 7) is 0.967. The van der Waals surface area contributed by atoms with Gasteiger partial charge in [0.05, 0.1) is 18.2 Å². The number of halogens is 1. The molecule has 7 nitrogen and oxygen atoms in total. The van der Waals surface area contributed by atoms with Gasteiger partial charge in [0.15, 0.2) is 5.13 Å². The van der Waals surface area contributed by atoms with E-state index in [2.05, 4.69) is 20.5 Å². The van der Waals surface area contributed by atoms with Gasteiger partial charge >= 0.3 is 0 Å². The van der Waals surface area contributed by atoms with Crippen LogP contribution in [0.4, 0.5) is 9.52 Å². The summed E-state index contributed by atoms with van der Waals surface area (Å²) in [6.07, 6.45) is 4.46. The van der Waals surface area contributed by atoms with Crippen molar-refractivity contribution in [3.8, 4) is 11.5 Å². The van der Waals surface area contributed by atoms with Crippen molar-refractivity contribution in [2.75, 3.05) is 18.4 Å². The Labute approximate surface area is 159 Å². The fourth-order valence-electron chi connectivity index (χ4n) is 3.20. The topological polar surface area (TPSA) is 84.2 Å². The monoisotopic (exact) mass is 387 g/mol. The molecule has 140 valence electrons. The Hall–Kier alpha value is -2.65. The van der Waals surface area contributed by atoms with Crippen LogP contribution in [0.25, 0.3) is 11.5 Å². The fraction of sp³-hybridized carbons (Fsp3) is 0.333. The number of anilines is 1. The van der Waals surface area contributed by atoms with Crippen LogP contribution in [0, 0.1) is 5.82 Å². The molecule has 0 spiro atoms. The van der Waals surface area contributed by atoms with E-state index < -0.39 is 5.82 Å². The largest absolute Gasteiger partial charge is 0.419 e. The molecule has 1 aliphatic rings. The van der Waals surface area contributed by atoms with Gasteiger partial charge in [-0.15, -0.1) is 21.5 Å². The van der Waals surface area contributed by atoms with E-state index in [1.165, 1.54) is 17.4 Å². The van der Waals surface area contributed by atoms with E-state index in [4.69, 9.17) is 4.42 Å². The standard InChI is InChI=1S/C18H18FN5O2S/c19-13-6-2-1-5-12(13)16-22-23-17(26-16)14-7-3-4-9-24(14)11-15(25)21-18-20-8-10-27-18/h1-2,5-6,8,10,14H,3-4,7,9,11H2,(H,20,21,25)/t14-/m0/s1. The molecule has 0 radical (unpaired) electrons. The van der Waals surface area contributed by atoms with E-state index in [-0.39, 0.29) is 29.9 Å². The fourth-order valence-corrected chi connectivity index (χ4v) is 3.75. The summed E-state index contributed by atoms with van der Waals surface area (Å²) in [5.74, 6) is 0.0255. The minimum Gasteiger partial charge on any atom is -0.419 e. The predicted octanol–water partition coefficient (Wildman–Crippen LogP) is 3.50. The second-order valence-corrected chi connectivity index (χ2v) is 7.19. The van der Waals surface area contributed by atoms with Crippen molar-refractivity contribution >= 4 is 22.4 Å². The van der Waals surface area contributed by atoms with Gasteiger partial charge in [-0.2, -0.15) is 0 Å². The first-order valence-corrected chi connectivity index (χ1v) is 9.60. The third-order valence-corrected chi connectivity index (χ3v) is 5.16. The summed E-state index contributed by atoms with van der Waals surface area (Å²) in [7, 11) is 0. The van der Waals surface area contributed by atoms with Crippen molar-refractivity contribution in [3.05, 3.63) is 47.6 Å². The maximum Gasteiger partial charge on any atom is 0.250 e. The third-order valence-electron chi connectivity index (χ3n) is 4.47. The number of piperidine rings is 1. The van der Waals surface area contributed by atoms with E-state index in [0.29, 0.717) is 11.0 Å².